The molecule has 54 heavy (non-hydrogen) atoms. The summed E-state index contributed by atoms with van der Waals surface area (Å²) >= 11 is 0. The van der Waals surface area contributed by atoms with Crippen LogP contribution in [0.4, 0.5) is 0 Å². The number of hydrogen-bond acceptors (Lipinski definition) is 4. The Bertz CT molecular complexity index is 2850. The van der Waals surface area contributed by atoms with Crippen LogP contribution in [0.1, 0.15) is 22.3 Å². The highest BCUT2D eigenvalue weighted by atomic mass is 16.5. The van der Waals surface area contributed by atoms with Crippen molar-refractivity contribution in [2.45, 2.75) is 5.41 Å². The molecule has 0 radical (unpaired) electrons. The molecule has 0 N–H and O–H groups in total. The third-order valence-electron chi connectivity index (χ3n) is 11.0. The van der Waals surface area contributed by atoms with E-state index in [0.29, 0.717) is 17.5 Å². The molecule has 0 saturated heterocycles. The van der Waals surface area contributed by atoms with Crippen molar-refractivity contribution in [3.05, 3.63) is 210 Å². The van der Waals surface area contributed by atoms with Crippen LogP contribution in [-0.4, -0.2) is 15.0 Å². The van der Waals surface area contributed by atoms with Crippen LogP contribution in [0.15, 0.2) is 188 Å². The molecule has 2 aliphatic rings. The van der Waals surface area contributed by atoms with E-state index in [1.165, 1.54) is 33.0 Å². The Morgan fingerprint density at radius 2 is 0.833 bits per heavy atom. The van der Waals surface area contributed by atoms with Gasteiger partial charge in [0.15, 0.2) is 17.5 Å². The minimum Gasteiger partial charge on any atom is -0.456 e. The first kappa shape index (κ1) is 30.5. The van der Waals surface area contributed by atoms with E-state index in [9.17, 15) is 0 Å². The number of aromatic nitrogens is 3. The summed E-state index contributed by atoms with van der Waals surface area (Å²) in [4.78, 5) is 14.8. The summed E-state index contributed by atoms with van der Waals surface area (Å²) in [7, 11) is 0. The van der Waals surface area contributed by atoms with Crippen LogP contribution in [0.5, 0.6) is 11.5 Å². The molecule has 0 bridgehead atoms. The third-order valence-corrected chi connectivity index (χ3v) is 11.0. The van der Waals surface area contributed by atoms with Crippen LogP contribution in [0.25, 0.3) is 67.2 Å². The summed E-state index contributed by atoms with van der Waals surface area (Å²) in [5.41, 5.74) is 11.7. The van der Waals surface area contributed by atoms with E-state index in [2.05, 4.69) is 127 Å². The molecule has 2 heterocycles. The fraction of sp³-hybridized carbons (Fsp3) is 0.0200. The molecule has 1 unspecified atom stereocenters. The van der Waals surface area contributed by atoms with Crippen molar-refractivity contribution in [1.29, 1.82) is 0 Å². The fourth-order valence-electron chi connectivity index (χ4n) is 8.57. The smallest absolute Gasteiger partial charge is 0.164 e. The van der Waals surface area contributed by atoms with E-state index in [0.717, 1.165) is 50.4 Å². The molecular weight excluding hydrogens is 659 g/mol. The quantitative estimate of drug-likeness (QED) is 0.185. The molecule has 1 aliphatic carbocycles. The fourth-order valence-corrected chi connectivity index (χ4v) is 8.57. The molecule has 4 nitrogen and oxygen atoms in total. The van der Waals surface area contributed by atoms with Gasteiger partial charge in [-0.2, -0.15) is 0 Å². The Balaban J connectivity index is 1.08. The summed E-state index contributed by atoms with van der Waals surface area (Å²) in [6.07, 6.45) is 0. The van der Waals surface area contributed by atoms with Gasteiger partial charge in [-0.3, -0.25) is 0 Å². The summed E-state index contributed by atoms with van der Waals surface area (Å²) in [5, 5.41) is 2.47. The highest BCUT2D eigenvalue weighted by Gasteiger charge is 2.51. The second-order valence-corrected chi connectivity index (χ2v) is 13.9. The van der Waals surface area contributed by atoms with Crippen molar-refractivity contribution in [3.63, 3.8) is 0 Å². The molecule has 1 aromatic heterocycles. The largest absolute Gasteiger partial charge is 0.456 e. The highest BCUT2D eigenvalue weighted by molar-refractivity contribution is 5.97. The van der Waals surface area contributed by atoms with E-state index < -0.39 is 5.41 Å². The first-order chi connectivity index (χ1) is 26.8. The van der Waals surface area contributed by atoms with Gasteiger partial charge in [0, 0.05) is 33.4 Å². The van der Waals surface area contributed by atoms with Crippen molar-refractivity contribution >= 4 is 10.8 Å². The van der Waals surface area contributed by atoms with E-state index in [4.69, 9.17) is 19.7 Å². The molecule has 0 fully saturated rings. The number of para-hydroxylation sites is 2. The SMILES string of the molecule is c1ccc(-c2nc(-c3ccccc3)nc(-c3ccc(-c4cccc5c4Oc4ccccc4C54c5ccccc5-c5cc6ccccc6cc54)cc3)n2)cc1. The van der Waals surface area contributed by atoms with Gasteiger partial charge in [0.2, 0.25) is 0 Å². The lowest BCUT2D eigenvalue weighted by Crippen LogP contribution is -2.32. The predicted molar refractivity (Wildman–Crippen MR) is 216 cm³/mol. The Kier molecular flexibility index (Phi) is 6.73. The van der Waals surface area contributed by atoms with Gasteiger partial charge in [-0.25, -0.2) is 15.0 Å². The average Bonchev–Trinajstić information content (AvgIpc) is 3.52. The van der Waals surface area contributed by atoms with E-state index in [-0.39, 0.29) is 0 Å². The van der Waals surface area contributed by atoms with Gasteiger partial charge in [0.05, 0.1) is 5.41 Å². The average molecular weight is 690 g/mol. The number of ether oxygens (including phenoxy) is 1. The molecule has 4 heteroatoms. The molecule has 11 rings (SSSR count). The van der Waals surface area contributed by atoms with Crippen molar-refractivity contribution < 1.29 is 4.74 Å². The minimum atomic E-state index is -0.553. The maximum Gasteiger partial charge on any atom is 0.164 e. The first-order valence-electron chi connectivity index (χ1n) is 18.3. The van der Waals surface area contributed by atoms with Gasteiger partial charge in [-0.1, -0.05) is 170 Å². The van der Waals surface area contributed by atoms with Gasteiger partial charge < -0.3 is 4.74 Å². The van der Waals surface area contributed by atoms with E-state index >= 15 is 0 Å². The molecule has 252 valence electrons. The number of benzene rings is 8. The van der Waals surface area contributed by atoms with Crippen LogP contribution in [0, 0.1) is 0 Å². The minimum absolute atomic E-state index is 0.553. The zero-order valence-corrected chi connectivity index (χ0v) is 29.1. The number of hydrogen-bond donors (Lipinski definition) is 0. The zero-order chi connectivity index (χ0) is 35.6. The normalized spacial score (nSPS) is 14.9. The van der Waals surface area contributed by atoms with Crippen LogP contribution in [0.2, 0.25) is 0 Å². The topological polar surface area (TPSA) is 47.9 Å². The monoisotopic (exact) mass is 689 g/mol. The number of nitrogens with zero attached hydrogens (tertiary/aromatic N) is 3. The molecule has 8 aromatic carbocycles. The maximum absolute atomic E-state index is 6.98. The van der Waals surface area contributed by atoms with Crippen LogP contribution < -0.4 is 4.74 Å². The highest BCUT2D eigenvalue weighted by Crippen LogP contribution is 2.63. The molecule has 9 aromatic rings. The van der Waals surface area contributed by atoms with Gasteiger partial charge in [-0.05, 0) is 56.8 Å². The van der Waals surface area contributed by atoms with E-state index in [1.54, 1.807) is 0 Å². The molecule has 0 amide bonds. The second kappa shape index (κ2) is 11.9. The third kappa shape index (κ3) is 4.53. The Morgan fingerprint density at radius 1 is 0.333 bits per heavy atom. The molecule has 1 atom stereocenters. The van der Waals surface area contributed by atoms with Crippen molar-refractivity contribution in [2.75, 3.05) is 0 Å². The van der Waals surface area contributed by atoms with Gasteiger partial charge in [0.1, 0.15) is 11.5 Å². The second-order valence-electron chi connectivity index (χ2n) is 13.9. The summed E-state index contributed by atoms with van der Waals surface area (Å²) in [6, 6.07) is 66.1. The zero-order valence-electron chi connectivity index (χ0n) is 29.1. The Hall–Kier alpha value is -7.17. The molecule has 0 saturated carbocycles. The molecule has 1 aliphatic heterocycles. The number of fused-ring (bicyclic) bond motifs is 10. The van der Waals surface area contributed by atoms with Crippen LogP contribution in [0.3, 0.4) is 0 Å². The predicted octanol–water partition coefficient (Wildman–Crippen LogP) is 12.2. The van der Waals surface area contributed by atoms with Crippen molar-refractivity contribution in [2.24, 2.45) is 0 Å². The van der Waals surface area contributed by atoms with Crippen molar-refractivity contribution in [3.8, 4) is 67.9 Å². The van der Waals surface area contributed by atoms with Crippen LogP contribution >= 0.6 is 0 Å². The first-order valence-corrected chi connectivity index (χ1v) is 18.3. The van der Waals surface area contributed by atoms with Gasteiger partial charge in [0.25, 0.3) is 0 Å². The Morgan fingerprint density at radius 3 is 1.52 bits per heavy atom. The number of rotatable bonds is 4. The summed E-state index contributed by atoms with van der Waals surface area (Å²) in [5.74, 6) is 3.65. The van der Waals surface area contributed by atoms with Gasteiger partial charge in [-0.15, -0.1) is 0 Å². The maximum atomic E-state index is 6.98. The van der Waals surface area contributed by atoms with Gasteiger partial charge >= 0.3 is 0 Å². The summed E-state index contributed by atoms with van der Waals surface area (Å²) < 4.78 is 6.98. The Labute approximate surface area is 313 Å². The lowest BCUT2D eigenvalue weighted by molar-refractivity contribution is 0.438. The van der Waals surface area contributed by atoms with Crippen LogP contribution in [-0.2, 0) is 5.41 Å². The summed E-state index contributed by atoms with van der Waals surface area (Å²) in [6.45, 7) is 0. The van der Waals surface area contributed by atoms with Crippen molar-refractivity contribution in [1.82, 2.24) is 15.0 Å². The standard InChI is InChI=1S/C50H31N3O/c1-3-14-33(15-4-1)47-51-48(34-16-5-2-6-17-34)53-49(52-47)35-28-26-32(27-29-35)38-21-13-24-43-46(38)54-45-25-12-11-23-42(45)50(43)41-22-10-9-20-39(41)40-30-36-18-7-8-19-37(36)31-44(40)50/h1-31H. The lowest BCUT2D eigenvalue weighted by atomic mass is 9.65. The molecule has 1 spiro atoms. The lowest BCUT2D eigenvalue weighted by Gasteiger charge is -2.40. The van der Waals surface area contributed by atoms with E-state index in [1.807, 2.05) is 60.7 Å². The molecular formula is C50H31N3O.